The van der Waals surface area contributed by atoms with Gasteiger partial charge in [-0.25, -0.2) is 4.68 Å². The Morgan fingerprint density at radius 2 is 2.22 bits per heavy atom. The van der Waals surface area contributed by atoms with Crippen LogP contribution in [0, 0.1) is 3.57 Å². The van der Waals surface area contributed by atoms with E-state index >= 15 is 0 Å². The highest BCUT2D eigenvalue weighted by Crippen LogP contribution is 2.23. The number of hydrogen-bond donors (Lipinski definition) is 0. The van der Waals surface area contributed by atoms with Crippen molar-refractivity contribution in [3.8, 4) is 5.75 Å². The highest BCUT2D eigenvalue weighted by molar-refractivity contribution is 14.1. The second-order valence-corrected chi connectivity index (χ2v) is 5.79. The second-order valence-electron chi connectivity index (χ2n) is 3.63. The zero-order valence-corrected chi connectivity index (χ0v) is 13.3. The minimum atomic E-state index is -0.121. The molecule has 4 nitrogen and oxygen atoms in total. The van der Waals surface area contributed by atoms with Crippen LogP contribution in [0.5, 0.6) is 5.75 Å². The molecular formula is C12H10BrIN2O2. The molecule has 0 amide bonds. The van der Waals surface area contributed by atoms with Gasteiger partial charge in [-0.05, 0) is 40.8 Å². The standard InChI is InChI=1S/C12H10BrIN2O2/c1-18-11-3-2-9(13)4-8(11)7-16-12(17)5-10(14)6-15-16/h2-6H,7H2,1H3. The van der Waals surface area contributed by atoms with Gasteiger partial charge in [0.15, 0.2) is 0 Å². The lowest BCUT2D eigenvalue weighted by molar-refractivity contribution is 0.406. The summed E-state index contributed by atoms with van der Waals surface area (Å²) >= 11 is 5.47. The van der Waals surface area contributed by atoms with E-state index in [1.54, 1.807) is 19.4 Å². The summed E-state index contributed by atoms with van der Waals surface area (Å²) in [6.07, 6.45) is 1.66. The van der Waals surface area contributed by atoms with Crippen molar-refractivity contribution < 1.29 is 4.74 Å². The third-order valence-electron chi connectivity index (χ3n) is 2.40. The predicted octanol–water partition coefficient (Wildman–Crippen LogP) is 2.67. The molecule has 18 heavy (non-hydrogen) atoms. The summed E-state index contributed by atoms with van der Waals surface area (Å²) in [6, 6.07) is 7.23. The van der Waals surface area contributed by atoms with Gasteiger partial charge >= 0.3 is 0 Å². The van der Waals surface area contributed by atoms with Crippen molar-refractivity contribution in [2.75, 3.05) is 7.11 Å². The van der Waals surface area contributed by atoms with E-state index < -0.39 is 0 Å². The highest BCUT2D eigenvalue weighted by Gasteiger charge is 2.06. The Labute approximate surface area is 126 Å². The lowest BCUT2D eigenvalue weighted by Gasteiger charge is -2.10. The first-order valence-electron chi connectivity index (χ1n) is 5.15. The molecule has 0 spiro atoms. The van der Waals surface area contributed by atoms with E-state index in [4.69, 9.17) is 4.74 Å². The fraction of sp³-hybridized carbons (Fsp3) is 0.167. The maximum absolute atomic E-state index is 11.8. The van der Waals surface area contributed by atoms with Crippen LogP contribution in [0.25, 0.3) is 0 Å². The molecule has 2 aromatic rings. The van der Waals surface area contributed by atoms with E-state index in [1.165, 1.54) is 4.68 Å². The summed E-state index contributed by atoms with van der Waals surface area (Å²) in [5.74, 6) is 0.741. The molecule has 0 fully saturated rings. The van der Waals surface area contributed by atoms with Crippen molar-refractivity contribution in [2.45, 2.75) is 6.54 Å². The first-order chi connectivity index (χ1) is 8.60. The van der Waals surface area contributed by atoms with Crippen LogP contribution < -0.4 is 10.3 Å². The van der Waals surface area contributed by atoms with E-state index in [0.717, 1.165) is 19.4 Å². The van der Waals surface area contributed by atoms with Crippen LogP contribution in [0.2, 0.25) is 0 Å². The fourth-order valence-electron chi connectivity index (χ4n) is 1.56. The normalized spacial score (nSPS) is 10.4. The van der Waals surface area contributed by atoms with Crippen LogP contribution >= 0.6 is 38.5 Å². The van der Waals surface area contributed by atoms with Gasteiger partial charge < -0.3 is 4.74 Å². The molecule has 0 saturated carbocycles. The fourth-order valence-corrected chi connectivity index (χ4v) is 2.36. The average molecular weight is 421 g/mol. The number of benzene rings is 1. The quantitative estimate of drug-likeness (QED) is 0.717. The Balaban J connectivity index is 2.39. The minimum absolute atomic E-state index is 0.121. The number of methoxy groups -OCH3 is 1. The van der Waals surface area contributed by atoms with Gasteiger partial charge in [0.25, 0.3) is 5.56 Å². The number of ether oxygens (including phenoxy) is 1. The maximum Gasteiger partial charge on any atom is 0.268 e. The molecule has 0 aliphatic carbocycles. The van der Waals surface area contributed by atoms with Crippen molar-refractivity contribution in [3.05, 3.63) is 54.4 Å². The zero-order valence-electron chi connectivity index (χ0n) is 9.56. The minimum Gasteiger partial charge on any atom is -0.496 e. The summed E-state index contributed by atoms with van der Waals surface area (Å²) in [7, 11) is 1.61. The second kappa shape index (κ2) is 5.83. The largest absolute Gasteiger partial charge is 0.496 e. The highest BCUT2D eigenvalue weighted by atomic mass is 127. The van der Waals surface area contributed by atoms with E-state index in [0.29, 0.717) is 6.54 Å². The van der Waals surface area contributed by atoms with Crippen LogP contribution in [-0.4, -0.2) is 16.9 Å². The summed E-state index contributed by atoms with van der Waals surface area (Å²) in [5, 5.41) is 4.10. The molecule has 0 atom stereocenters. The molecule has 0 radical (unpaired) electrons. The van der Waals surface area contributed by atoms with Crippen LogP contribution in [0.4, 0.5) is 0 Å². The molecule has 2 rings (SSSR count). The Bertz CT molecular complexity index is 628. The number of halogens is 2. The van der Waals surface area contributed by atoms with Crippen molar-refractivity contribution in [3.63, 3.8) is 0 Å². The van der Waals surface area contributed by atoms with E-state index in [2.05, 4.69) is 43.6 Å². The zero-order chi connectivity index (χ0) is 13.1. The molecule has 1 heterocycles. The van der Waals surface area contributed by atoms with E-state index in [9.17, 15) is 4.79 Å². The topological polar surface area (TPSA) is 44.1 Å². The summed E-state index contributed by atoms with van der Waals surface area (Å²) in [5.41, 5.74) is 0.784. The lowest BCUT2D eigenvalue weighted by Crippen LogP contribution is -2.23. The summed E-state index contributed by atoms with van der Waals surface area (Å²) in [6.45, 7) is 0.387. The molecule has 0 aliphatic heterocycles. The molecule has 1 aromatic carbocycles. The number of aromatic nitrogens is 2. The average Bonchev–Trinajstić information content (AvgIpc) is 2.33. The van der Waals surface area contributed by atoms with Gasteiger partial charge in [0.05, 0.1) is 19.9 Å². The van der Waals surface area contributed by atoms with Gasteiger partial charge in [-0.15, -0.1) is 0 Å². The first-order valence-corrected chi connectivity index (χ1v) is 7.02. The maximum atomic E-state index is 11.8. The van der Waals surface area contributed by atoms with Crippen molar-refractivity contribution in [1.29, 1.82) is 0 Å². The molecule has 94 valence electrons. The first kappa shape index (κ1) is 13.5. The summed E-state index contributed by atoms with van der Waals surface area (Å²) in [4.78, 5) is 11.8. The van der Waals surface area contributed by atoms with Crippen LogP contribution in [0.15, 0.2) is 39.7 Å². The van der Waals surface area contributed by atoms with E-state index in [-0.39, 0.29) is 5.56 Å². The van der Waals surface area contributed by atoms with Gasteiger partial charge in [-0.2, -0.15) is 5.10 Å². The molecule has 1 aromatic heterocycles. The molecule has 0 saturated heterocycles. The monoisotopic (exact) mass is 420 g/mol. The Kier molecular flexibility index (Phi) is 4.39. The third-order valence-corrected chi connectivity index (χ3v) is 3.48. The number of rotatable bonds is 3. The number of hydrogen-bond acceptors (Lipinski definition) is 3. The summed E-state index contributed by atoms with van der Waals surface area (Å²) < 4.78 is 8.45. The van der Waals surface area contributed by atoms with Crippen molar-refractivity contribution >= 4 is 38.5 Å². The van der Waals surface area contributed by atoms with Crippen LogP contribution in [0.3, 0.4) is 0 Å². The van der Waals surface area contributed by atoms with Crippen LogP contribution in [0.1, 0.15) is 5.56 Å². The van der Waals surface area contributed by atoms with Gasteiger partial charge in [0.1, 0.15) is 5.75 Å². The molecule has 0 unspecified atom stereocenters. The van der Waals surface area contributed by atoms with Crippen LogP contribution in [-0.2, 0) is 6.54 Å². The molecule has 0 aliphatic rings. The molecular weight excluding hydrogens is 411 g/mol. The molecule has 6 heteroatoms. The Morgan fingerprint density at radius 1 is 1.44 bits per heavy atom. The SMILES string of the molecule is COc1ccc(Br)cc1Cn1ncc(I)cc1=O. The van der Waals surface area contributed by atoms with Crippen molar-refractivity contribution in [1.82, 2.24) is 9.78 Å². The Morgan fingerprint density at radius 3 is 2.89 bits per heavy atom. The molecule has 0 bridgehead atoms. The smallest absolute Gasteiger partial charge is 0.268 e. The van der Waals surface area contributed by atoms with E-state index in [1.807, 2.05) is 18.2 Å². The van der Waals surface area contributed by atoms with Gasteiger partial charge in [0.2, 0.25) is 0 Å². The van der Waals surface area contributed by atoms with Gasteiger partial charge in [-0.3, -0.25) is 4.79 Å². The van der Waals surface area contributed by atoms with Gasteiger partial charge in [-0.1, -0.05) is 15.9 Å². The molecule has 0 N–H and O–H groups in total. The van der Waals surface area contributed by atoms with Crippen molar-refractivity contribution in [2.24, 2.45) is 0 Å². The Hall–Kier alpha value is -0.890. The lowest BCUT2D eigenvalue weighted by atomic mass is 10.2. The van der Waals surface area contributed by atoms with Gasteiger partial charge in [0, 0.05) is 19.7 Å². The third kappa shape index (κ3) is 3.11. The predicted molar refractivity (Wildman–Crippen MR) is 81.0 cm³/mol. The number of nitrogens with zero attached hydrogens (tertiary/aromatic N) is 2.